The molecule has 0 bridgehead atoms. The fourth-order valence-electron chi connectivity index (χ4n) is 1.39. The second kappa shape index (κ2) is 4.77. The fourth-order valence-corrected chi connectivity index (χ4v) is 2.76. The summed E-state index contributed by atoms with van der Waals surface area (Å²) in [5.74, 6) is 0.169. The third-order valence-electron chi connectivity index (χ3n) is 2.62. The summed E-state index contributed by atoms with van der Waals surface area (Å²) in [5.41, 5.74) is 1.11. The van der Waals surface area contributed by atoms with Crippen molar-refractivity contribution in [3.8, 4) is 0 Å². The highest BCUT2D eigenvalue weighted by Crippen LogP contribution is 2.42. The number of aliphatic hydroxyl groups is 1. The Morgan fingerprint density at radius 2 is 2.27 bits per heavy atom. The van der Waals surface area contributed by atoms with Crippen LogP contribution in [0.3, 0.4) is 0 Å². The molecule has 1 N–H and O–H groups in total. The van der Waals surface area contributed by atoms with Crippen LogP contribution in [-0.2, 0) is 0 Å². The third kappa shape index (κ3) is 2.90. The van der Waals surface area contributed by atoms with Crippen LogP contribution in [0, 0.1) is 0 Å². The Labute approximate surface area is 99.8 Å². The molecule has 3 heteroatoms. The smallest absolute Gasteiger partial charge is 0.0544 e. The zero-order chi connectivity index (χ0) is 10.8. The van der Waals surface area contributed by atoms with Crippen LogP contribution in [0.25, 0.3) is 0 Å². The number of aliphatic hydroxyl groups excluding tert-OH is 1. The van der Waals surface area contributed by atoms with E-state index in [2.05, 4.69) is 12.1 Å². The summed E-state index contributed by atoms with van der Waals surface area (Å²) in [4.78, 5) is 1.17. The minimum atomic E-state index is 0.169. The lowest BCUT2D eigenvalue weighted by molar-refractivity contribution is 0.273. The van der Waals surface area contributed by atoms with Gasteiger partial charge in [0.15, 0.2) is 0 Å². The molecule has 0 heterocycles. The average Bonchev–Trinajstić information content (AvgIpc) is 3.04. The van der Waals surface area contributed by atoms with Crippen molar-refractivity contribution >= 4 is 23.4 Å². The van der Waals surface area contributed by atoms with Gasteiger partial charge in [0.05, 0.1) is 5.02 Å². The number of thioether (sulfide) groups is 1. The van der Waals surface area contributed by atoms with E-state index in [-0.39, 0.29) is 12.5 Å². The molecule has 1 nitrogen and oxygen atoms in total. The molecule has 0 saturated heterocycles. The van der Waals surface area contributed by atoms with Gasteiger partial charge in [0.25, 0.3) is 0 Å². The van der Waals surface area contributed by atoms with Gasteiger partial charge in [-0.15, -0.1) is 11.8 Å². The molecule has 0 aliphatic heterocycles. The molecule has 15 heavy (non-hydrogen) atoms. The molecule has 1 saturated carbocycles. The topological polar surface area (TPSA) is 20.2 Å². The van der Waals surface area contributed by atoms with Crippen molar-refractivity contribution in [2.24, 2.45) is 0 Å². The highest BCUT2D eigenvalue weighted by molar-refractivity contribution is 8.00. The number of hydrogen-bond donors (Lipinski definition) is 1. The molecule has 1 fully saturated rings. The molecule has 82 valence electrons. The second-order valence-electron chi connectivity index (χ2n) is 4.09. The van der Waals surface area contributed by atoms with E-state index >= 15 is 0 Å². The van der Waals surface area contributed by atoms with Crippen molar-refractivity contribution in [3.63, 3.8) is 0 Å². The van der Waals surface area contributed by atoms with Crippen molar-refractivity contribution in [1.82, 2.24) is 0 Å². The van der Waals surface area contributed by atoms with Gasteiger partial charge in [-0.05, 0) is 30.5 Å². The van der Waals surface area contributed by atoms with Crippen LogP contribution >= 0.6 is 23.4 Å². The molecule has 1 aliphatic rings. The first-order valence-corrected chi connectivity index (χ1v) is 6.53. The van der Waals surface area contributed by atoms with Gasteiger partial charge in [-0.2, -0.15) is 0 Å². The minimum Gasteiger partial charge on any atom is -0.396 e. The van der Waals surface area contributed by atoms with Crippen molar-refractivity contribution in [2.45, 2.75) is 35.8 Å². The highest BCUT2D eigenvalue weighted by Gasteiger charge is 2.23. The molecule has 0 radical (unpaired) electrons. The van der Waals surface area contributed by atoms with Crippen LogP contribution in [0.1, 0.15) is 31.2 Å². The molecule has 0 aromatic heterocycles. The van der Waals surface area contributed by atoms with E-state index in [1.807, 2.05) is 24.8 Å². The quantitative estimate of drug-likeness (QED) is 0.869. The van der Waals surface area contributed by atoms with Crippen molar-refractivity contribution < 1.29 is 5.11 Å². The zero-order valence-electron chi connectivity index (χ0n) is 8.74. The summed E-state index contributed by atoms with van der Waals surface area (Å²) >= 11 is 8.07. The molecule has 1 aromatic carbocycles. The second-order valence-corrected chi connectivity index (χ2v) is 5.84. The van der Waals surface area contributed by atoms with Gasteiger partial charge >= 0.3 is 0 Å². The Hall–Kier alpha value is -0.180. The van der Waals surface area contributed by atoms with E-state index in [0.717, 1.165) is 15.8 Å². The van der Waals surface area contributed by atoms with E-state index < -0.39 is 0 Å². The predicted octanol–water partition coefficient (Wildman–Crippen LogP) is 3.69. The molecule has 2 rings (SSSR count). The van der Waals surface area contributed by atoms with Crippen LogP contribution < -0.4 is 0 Å². The van der Waals surface area contributed by atoms with Gasteiger partial charge < -0.3 is 5.11 Å². The van der Waals surface area contributed by atoms with Crippen molar-refractivity contribution in [1.29, 1.82) is 0 Å². The number of rotatable bonds is 4. The highest BCUT2D eigenvalue weighted by atomic mass is 35.5. The minimum absolute atomic E-state index is 0.169. The van der Waals surface area contributed by atoms with Gasteiger partial charge in [0.1, 0.15) is 0 Å². The Kier molecular flexibility index (Phi) is 3.60. The Morgan fingerprint density at radius 3 is 2.80 bits per heavy atom. The van der Waals surface area contributed by atoms with Crippen molar-refractivity contribution in [2.75, 3.05) is 6.61 Å². The normalized spacial score (nSPS) is 17.8. The molecular weight excluding hydrogens is 228 g/mol. The molecule has 0 spiro atoms. The van der Waals surface area contributed by atoms with E-state index in [1.54, 1.807) is 0 Å². The van der Waals surface area contributed by atoms with E-state index in [0.29, 0.717) is 0 Å². The summed E-state index contributed by atoms with van der Waals surface area (Å²) in [7, 11) is 0. The Morgan fingerprint density at radius 1 is 1.53 bits per heavy atom. The number of halogens is 1. The average molecular weight is 243 g/mol. The maximum atomic E-state index is 9.06. The summed E-state index contributed by atoms with van der Waals surface area (Å²) in [6.45, 7) is 2.17. The summed E-state index contributed by atoms with van der Waals surface area (Å²) in [6.07, 6.45) is 2.63. The summed E-state index contributed by atoms with van der Waals surface area (Å²) in [5, 5.41) is 10.7. The SMILES string of the molecule is CC(CO)c1ccc(SC2CC2)c(Cl)c1. The van der Waals surface area contributed by atoms with E-state index in [9.17, 15) is 0 Å². The molecular formula is C12H15ClOS. The maximum Gasteiger partial charge on any atom is 0.0544 e. The van der Waals surface area contributed by atoms with Crippen LogP contribution in [0.2, 0.25) is 5.02 Å². The Balaban J connectivity index is 2.13. The third-order valence-corrected chi connectivity index (χ3v) is 4.46. The number of hydrogen-bond acceptors (Lipinski definition) is 2. The van der Waals surface area contributed by atoms with Crippen LogP contribution in [0.5, 0.6) is 0 Å². The van der Waals surface area contributed by atoms with Crippen LogP contribution in [0.15, 0.2) is 23.1 Å². The maximum absolute atomic E-state index is 9.06. The van der Waals surface area contributed by atoms with E-state index in [4.69, 9.17) is 16.7 Å². The van der Waals surface area contributed by atoms with Gasteiger partial charge in [-0.3, -0.25) is 0 Å². The first kappa shape index (κ1) is 11.3. The standard InChI is InChI=1S/C12H15ClOS/c1-8(7-14)9-2-5-12(11(13)6-9)15-10-3-4-10/h2,5-6,8,10,14H,3-4,7H2,1H3. The lowest BCUT2D eigenvalue weighted by Crippen LogP contribution is -1.98. The fraction of sp³-hybridized carbons (Fsp3) is 0.500. The summed E-state index contributed by atoms with van der Waals surface area (Å²) in [6, 6.07) is 6.12. The molecule has 1 aliphatic carbocycles. The van der Waals surface area contributed by atoms with Gasteiger partial charge in [-0.25, -0.2) is 0 Å². The van der Waals surface area contributed by atoms with Crippen molar-refractivity contribution in [3.05, 3.63) is 28.8 Å². The number of benzene rings is 1. The predicted molar refractivity (Wildman–Crippen MR) is 65.8 cm³/mol. The van der Waals surface area contributed by atoms with Gasteiger partial charge in [0.2, 0.25) is 0 Å². The first-order valence-electron chi connectivity index (χ1n) is 5.27. The Bertz CT molecular complexity index is 349. The van der Waals surface area contributed by atoms with E-state index in [1.165, 1.54) is 17.7 Å². The lowest BCUT2D eigenvalue weighted by Gasteiger charge is -2.10. The van der Waals surface area contributed by atoms with Gasteiger partial charge in [-0.1, -0.05) is 24.6 Å². The first-order chi connectivity index (χ1) is 7.20. The summed E-state index contributed by atoms with van der Waals surface area (Å²) < 4.78 is 0. The van der Waals surface area contributed by atoms with Crippen LogP contribution in [-0.4, -0.2) is 17.0 Å². The van der Waals surface area contributed by atoms with Crippen LogP contribution in [0.4, 0.5) is 0 Å². The zero-order valence-corrected chi connectivity index (χ0v) is 10.3. The molecule has 1 atom stereocenters. The largest absolute Gasteiger partial charge is 0.396 e. The molecule has 1 aromatic rings. The molecule has 1 unspecified atom stereocenters. The lowest BCUT2D eigenvalue weighted by atomic mass is 10.0. The van der Waals surface area contributed by atoms with Gasteiger partial charge in [0, 0.05) is 22.7 Å². The monoisotopic (exact) mass is 242 g/mol. The molecule has 0 amide bonds.